The van der Waals surface area contributed by atoms with Crippen molar-refractivity contribution in [2.24, 2.45) is 0 Å². The Morgan fingerprint density at radius 3 is 1.51 bits per heavy atom. The molecule has 15 rings (SSSR count). The summed E-state index contributed by atoms with van der Waals surface area (Å²) in [4.78, 5) is 0. The lowest BCUT2D eigenvalue weighted by Gasteiger charge is -2.29. The van der Waals surface area contributed by atoms with Gasteiger partial charge in [0.1, 0.15) is 56.7 Å². The predicted octanol–water partition coefficient (Wildman–Crippen LogP) is 15.6. The summed E-state index contributed by atoms with van der Waals surface area (Å²) < 4.78 is 71.0. The van der Waals surface area contributed by atoms with Gasteiger partial charge in [-0.1, -0.05) is 96.6 Å². The molecule has 7 aromatic carbocycles. The van der Waals surface area contributed by atoms with E-state index in [4.69, 9.17) is 61.6 Å². The molecule has 13 nitrogen and oxygen atoms in total. The molecule has 13 heteroatoms. The molecule has 0 bridgehead atoms. The van der Waals surface area contributed by atoms with Gasteiger partial charge < -0.3 is 61.6 Å². The van der Waals surface area contributed by atoms with Gasteiger partial charge in [0.15, 0.2) is 64.3 Å². The van der Waals surface area contributed by atoms with Crippen LogP contribution in [0.3, 0.4) is 0 Å². The molecule has 0 N–H and O–H groups in total. The molecule has 0 aromatic heterocycles. The van der Waals surface area contributed by atoms with Gasteiger partial charge in [-0.2, -0.15) is 0 Å². The summed E-state index contributed by atoms with van der Waals surface area (Å²) in [7, 11) is 0. The molecule has 8 aliphatic rings. The van der Waals surface area contributed by atoms with E-state index in [1.165, 1.54) is 44.5 Å². The van der Waals surface area contributed by atoms with E-state index in [9.17, 15) is 0 Å². The maximum Gasteiger partial charge on any atom is 0.189 e. The number of hydrogen-bond donors (Lipinski definition) is 0. The van der Waals surface area contributed by atoms with Crippen LogP contribution in [0.25, 0.3) is 5.57 Å². The molecular formula is C72H80O13. The topological polar surface area (TPSA) is 120 Å². The van der Waals surface area contributed by atoms with Crippen molar-refractivity contribution < 1.29 is 61.6 Å². The third-order valence-electron chi connectivity index (χ3n) is 14.3. The molecule has 2 unspecified atom stereocenters. The van der Waals surface area contributed by atoms with Gasteiger partial charge in [-0.15, -0.1) is 0 Å². The lowest BCUT2D eigenvalue weighted by atomic mass is 9.89. The minimum absolute atomic E-state index is 0.0919. The average Bonchev–Trinajstić information content (AvgIpc) is 3.37. The van der Waals surface area contributed by atoms with Crippen LogP contribution in [0.15, 0.2) is 163 Å². The van der Waals surface area contributed by atoms with Crippen molar-refractivity contribution in [3.63, 3.8) is 0 Å². The number of aryl methyl sites for hydroxylation is 6. The van der Waals surface area contributed by atoms with Crippen LogP contribution in [-0.2, 0) is 11.3 Å². The second-order valence-corrected chi connectivity index (χ2v) is 21.4. The zero-order valence-corrected chi connectivity index (χ0v) is 50.6. The van der Waals surface area contributed by atoms with Crippen molar-refractivity contribution in [1.82, 2.24) is 0 Å². The van der Waals surface area contributed by atoms with Gasteiger partial charge in [0.25, 0.3) is 0 Å². The van der Waals surface area contributed by atoms with E-state index in [-0.39, 0.29) is 12.2 Å². The number of hydrogen-bond acceptors (Lipinski definition) is 13. The number of ether oxygens (including phenoxy) is 13. The van der Waals surface area contributed by atoms with Crippen LogP contribution in [0.4, 0.5) is 0 Å². The Morgan fingerprint density at radius 2 is 0.859 bits per heavy atom. The van der Waals surface area contributed by atoms with Crippen molar-refractivity contribution >= 4 is 5.57 Å². The first-order chi connectivity index (χ1) is 41.4. The first kappa shape index (κ1) is 60.9. The Bertz CT molecular complexity index is 3390. The van der Waals surface area contributed by atoms with E-state index in [1.54, 1.807) is 0 Å². The van der Waals surface area contributed by atoms with Crippen LogP contribution in [0, 0.1) is 41.5 Å². The van der Waals surface area contributed by atoms with Crippen molar-refractivity contribution in [1.29, 1.82) is 0 Å². The third kappa shape index (κ3) is 17.0. The van der Waals surface area contributed by atoms with Crippen LogP contribution in [-0.4, -0.2) is 78.5 Å². The van der Waals surface area contributed by atoms with Gasteiger partial charge in [0.05, 0.1) is 33.0 Å². The Hall–Kier alpha value is -8.68. The van der Waals surface area contributed by atoms with Crippen LogP contribution < -0.4 is 56.8 Å². The molecule has 1 aliphatic carbocycles. The van der Waals surface area contributed by atoms with Crippen LogP contribution in [0.2, 0.25) is 0 Å². The minimum Gasteiger partial charge on any atom is -0.490 e. The lowest BCUT2D eigenvalue weighted by Crippen LogP contribution is -2.25. The number of para-hydroxylation sites is 5. The molecule has 0 spiro atoms. The molecule has 0 saturated heterocycles. The molecule has 0 amide bonds. The Balaban J connectivity index is 0.000000119. The van der Waals surface area contributed by atoms with Gasteiger partial charge in [-0.25, -0.2) is 0 Å². The van der Waals surface area contributed by atoms with Crippen molar-refractivity contribution in [3.8, 4) is 69.0 Å². The highest BCUT2D eigenvalue weighted by molar-refractivity contribution is 5.78. The fourth-order valence-electron chi connectivity index (χ4n) is 9.86. The van der Waals surface area contributed by atoms with E-state index < -0.39 is 0 Å². The van der Waals surface area contributed by atoms with Crippen LogP contribution in [0.5, 0.6) is 69.0 Å². The monoisotopic (exact) mass is 1150 g/mol. The second kappa shape index (κ2) is 30.2. The van der Waals surface area contributed by atoms with Crippen molar-refractivity contribution in [2.45, 2.75) is 94.0 Å². The van der Waals surface area contributed by atoms with Crippen LogP contribution >= 0.6 is 0 Å². The molecular weight excluding hydrogens is 1070 g/mol. The van der Waals surface area contributed by atoms with Gasteiger partial charge in [0, 0.05) is 24.0 Å². The molecule has 0 fully saturated rings. The number of allylic oxidation sites excluding steroid dienone is 3. The lowest BCUT2D eigenvalue weighted by molar-refractivity contribution is -0.0168. The largest absolute Gasteiger partial charge is 0.490 e. The fraction of sp³-hybridized carbons (Fsp3) is 0.333. The van der Waals surface area contributed by atoms with Crippen molar-refractivity contribution in [2.75, 3.05) is 66.3 Å². The van der Waals surface area contributed by atoms with Gasteiger partial charge in [0.2, 0.25) is 0 Å². The molecule has 7 aromatic rings. The summed E-state index contributed by atoms with van der Waals surface area (Å²) in [6.45, 7) is 26.0. The standard InChI is InChI=1S/C16H16O.2C10H12O2.4C9H10O2/c1-10-4-6-13-12(3)14-7-5-11(2)9-16(14)17-15(13)8-10;1-8-3-4-9-10(7-8)12-6-2-5-11-9;1-8-4-2-5-9-10(8)12-7-3-6-11-9;1-7-2-3-8-9(6-7)11-5-4-10-8;1-7-3-2-4-8-5-10-6-11-9(7)8;1-7-3-2-4-8-9(7)11-6-5-10-8;1-7-6-10-8-4-2-3-5-9(8)11-7/h4-9,15H,1-3H3;3-4,7H,2,5-6H2,1H3;2,4-5H,3,6-7H2,1H3;2-3,6H,4-5H2,1H3;2*2-4H,5-6H2,1H3;2-5,7H,6H2,1H3. The Kier molecular flexibility index (Phi) is 21.7. The fourth-order valence-corrected chi connectivity index (χ4v) is 9.86. The number of fused-ring (bicyclic) bond motifs is 8. The Labute approximate surface area is 501 Å². The molecule has 85 heavy (non-hydrogen) atoms. The van der Waals surface area contributed by atoms with Crippen LogP contribution in [0.1, 0.15) is 78.1 Å². The molecule has 0 saturated carbocycles. The summed E-state index contributed by atoms with van der Waals surface area (Å²) in [6, 6.07) is 44.1. The summed E-state index contributed by atoms with van der Waals surface area (Å²) in [6.07, 6.45) is 8.71. The molecule has 7 aliphatic heterocycles. The number of rotatable bonds is 0. The van der Waals surface area contributed by atoms with Gasteiger partial charge >= 0.3 is 0 Å². The van der Waals surface area contributed by atoms with E-state index in [0.717, 1.165) is 125 Å². The Morgan fingerprint density at radius 1 is 0.376 bits per heavy atom. The highest BCUT2D eigenvalue weighted by atomic mass is 16.7. The van der Waals surface area contributed by atoms with Crippen molar-refractivity contribution in [3.05, 3.63) is 207 Å². The molecule has 7 heterocycles. The van der Waals surface area contributed by atoms with Gasteiger partial charge in [-0.3, -0.25) is 0 Å². The summed E-state index contributed by atoms with van der Waals surface area (Å²) in [5.74, 6) is 10.8. The SMILES string of the molecule is CC1=CC2Oc3cc(C)ccc3C(C)=C2C=C1.CC1COc2ccccc2O1.Cc1ccc2c(c1)OCCCO2.Cc1ccc2c(c1)OCCO2.Cc1cccc2c1OCCCO2.Cc1cccc2c1OCCO2.Cc1cccc2c1OCOC2. The summed E-state index contributed by atoms with van der Waals surface area (Å²) >= 11 is 0. The first-order valence-corrected chi connectivity index (χ1v) is 29.3. The second-order valence-electron chi connectivity index (χ2n) is 21.4. The van der Waals surface area contributed by atoms with E-state index in [2.05, 4.69) is 64.1 Å². The highest BCUT2D eigenvalue weighted by Gasteiger charge is 2.25. The summed E-state index contributed by atoms with van der Waals surface area (Å²) in [5.41, 5.74) is 13.4. The molecule has 2 atom stereocenters. The molecule has 0 radical (unpaired) electrons. The molecule has 446 valence electrons. The first-order valence-electron chi connectivity index (χ1n) is 29.3. The zero-order valence-electron chi connectivity index (χ0n) is 50.6. The average molecular weight is 1150 g/mol. The normalized spacial score (nSPS) is 17.2. The highest BCUT2D eigenvalue weighted by Crippen LogP contribution is 2.40. The third-order valence-corrected chi connectivity index (χ3v) is 14.3. The quantitative estimate of drug-likeness (QED) is 0.143. The zero-order chi connectivity index (χ0) is 59.5. The van der Waals surface area contributed by atoms with E-state index >= 15 is 0 Å². The van der Waals surface area contributed by atoms with Gasteiger partial charge in [-0.05, 0) is 168 Å². The smallest absolute Gasteiger partial charge is 0.189 e. The van der Waals surface area contributed by atoms with E-state index in [1.807, 2.05) is 150 Å². The predicted molar refractivity (Wildman–Crippen MR) is 332 cm³/mol. The number of benzene rings is 7. The minimum atomic E-state index is 0.0919. The summed E-state index contributed by atoms with van der Waals surface area (Å²) in [5, 5.41) is 0. The maximum atomic E-state index is 6.07. The maximum absolute atomic E-state index is 6.07. The van der Waals surface area contributed by atoms with E-state index in [0.29, 0.717) is 46.4 Å².